The molecule has 1 aromatic carbocycles. The summed E-state index contributed by atoms with van der Waals surface area (Å²) in [6, 6.07) is 4.59. The average Bonchev–Trinajstić information content (AvgIpc) is 2.91. The summed E-state index contributed by atoms with van der Waals surface area (Å²) in [5.41, 5.74) is 0.376. The Morgan fingerprint density at radius 3 is 2.29 bits per heavy atom. The smallest absolute Gasteiger partial charge is 0.325 e. The third kappa shape index (κ3) is 4.68. The highest BCUT2D eigenvalue weighted by Crippen LogP contribution is 2.18. The highest BCUT2D eigenvalue weighted by Gasteiger charge is 2.38. The van der Waals surface area contributed by atoms with Crippen LogP contribution in [0.1, 0.15) is 33.6 Å². The lowest BCUT2D eigenvalue weighted by atomic mass is 10.2. The van der Waals surface area contributed by atoms with E-state index < -0.39 is 40.5 Å². The Balaban J connectivity index is 2.02. The van der Waals surface area contributed by atoms with E-state index >= 15 is 0 Å². The topological polar surface area (TPSA) is 116 Å². The number of imide groups is 1. The summed E-state index contributed by atoms with van der Waals surface area (Å²) in [6.07, 6.45) is 1.25. The van der Waals surface area contributed by atoms with E-state index in [4.69, 9.17) is 0 Å². The fourth-order valence-corrected chi connectivity index (χ4v) is 4.44. The van der Waals surface area contributed by atoms with Gasteiger partial charge in [-0.15, -0.1) is 0 Å². The molecule has 4 amide bonds. The molecule has 0 aliphatic carbocycles. The van der Waals surface area contributed by atoms with Crippen molar-refractivity contribution in [2.75, 3.05) is 25.0 Å². The zero-order chi connectivity index (χ0) is 20.9. The monoisotopic (exact) mass is 410 g/mol. The summed E-state index contributed by atoms with van der Waals surface area (Å²) in [6.45, 7) is 5.75. The molecule has 2 N–H and O–H groups in total. The van der Waals surface area contributed by atoms with Crippen LogP contribution in [0.15, 0.2) is 29.2 Å². The van der Waals surface area contributed by atoms with Gasteiger partial charge in [-0.3, -0.25) is 14.5 Å². The van der Waals surface area contributed by atoms with Crippen LogP contribution in [-0.4, -0.2) is 61.1 Å². The minimum absolute atomic E-state index is 0.130. The van der Waals surface area contributed by atoms with E-state index in [0.717, 1.165) is 11.3 Å². The predicted molar refractivity (Wildman–Crippen MR) is 104 cm³/mol. The van der Waals surface area contributed by atoms with E-state index in [-0.39, 0.29) is 4.90 Å². The van der Waals surface area contributed by atoms with Gasteiger partial charge in [-0.2, -0.15) is 4.31 Å². The zero-order valence-electron chi connectivity index (χ0n) is 16.3. The summed E-state index contributed by atoms with van der Waals surface area (Å²) >= 11 is 0. The Labute approximate surface area is 165 Å². The third-order valence-corrected chi connectivity index (χ3v) is 6.53. The standard InChI is InChI=1S/C18H26N4O5S/c1-4-7-15-17(24)22(18(25)20-15)12-16(23)19-13-8-10-14(11-9-13)28(26,27)21(5-2)6-3/h8-11,15H,4-7,12H2,1-3H3,(H,19,23)(H,20,25). The molecule has 1 aliphatic heterocycles. The lowest BCUT2D eigenvalue weighted by molar-refractivity contribution is -0.130. The molecular formula is C18H26N4O5S. The van der Waals surface area contributed by atoms with Crippen molar-refractivity contribution in [3.05, 3.63) is 24.3 Å². The van der Waals surface area contributed by atoms with Crippen molar-refractivity contribution < 1.29 is 22.8 Å². The number of hydrogen-bond acceptors (Lipinski definition) is 5. The lowest BCUT2D eigenvalue weighted by Crippen LogP contribution is -2.38. The van der Waals surface area contributed by atoms with E-state index in [9.17, 15) is 22.8 Å². The predicted octanol–water partition coefficient (Wildman–Crippen LogP) is 1.38. The summed E-state index contributed by atoms with van der Waals surface area (Å²) in [5, 5.41) is 5.13. The number of nitrogens with one attached hydrogen (secondary N) is 2. The fraction of sp³-hybridized carbons (Fsp3) is 0.500. The van der Waals surface area contributed by atoms with Crippen molar-refractivity contribution in [2.45, 2.75) is 44.6 Å². The van der Waals surface area contributed by atoms with Crippen LogP contribution in [0.25, 0.3) is 0 Å². The van der Waals surface area contributed by atoms with Crippen LogP contribution in [0, 0.1) is 0 Å². The Hall–Kier alpha value is -2.46. The molecule has 0 bridgehead atoms. The SMILES string of the molecule is CCCC1NC(=O)N(CC(=O)Nc2ccc(S(=O)(=O)N(CC)CC)cc2)C1=O. The molecule has 2 rings (SSSR count). The van der Waals surface area contributed by atoms with Crippen LogP contribution in [0.4, 0.5) is 10.5 Å². The van der Waals surface area contributed by atoms with Crippen LogP contribution in [0.2, 0.25) is 0 Å². The summed E-state index contributed by atoms with van der Waals surface area (Å²) < 4.78 is 26.3. The van der Waals surface area contributed by atoms with Crippen molar-refractivity contribution in [3.63, 3.8) is 0 Å². The maximum absolute atomic E-state index is 12.5. The first-order valence-corrected chi connectivity index (χ1v) is 10.7. The number of hydrogen-bond donors (Lipinski definition) is 2. The Kier molecular flexibility index (Phi) is 7.14. The fourth-order valence-electron chi connectivity index (χ4n) is 2.98. The maximum atomic E-state index is 12.5. The maximum Gasteiger partial charge on any atom is 0.325 e. The van der Waals surface area contributed by atoms with Crippen molar-refractivity contribution in [1.29, 1.82) is 0 Å². The Bertz CT molecular complexity index is 834. The quantitative estimate of drug-likeness (QED) is 0.597. The summed E-state index contributed by atoms with van der Waals surface area (Å²) in [5.74, 6) is -0.956. The van der Waals surface area contributed by atoms with Gasteiger partial charge < -0.3 is 10.6 Å². The van der Waals surface area contributed by atoms with Gasteiger partial charge in [-0.25, -0.2) is 13.2 Å². The largest absolute Gasteiger partial charge is 0.326 e. The number of urea groups is 1. The minimum Gasteiger partial charge on any atom is -0.326 e. The third-order valence-electron chi connectivity index (χ3n) is 4.47. The molecule has 1 unspecified atom stereocenters. The lowest BCUT2D eigenvalue weighted by Gasteiger charge is -2.18. The molecular weight excluding hydrogens is 384 g/mol. The zero-order valence-corrected chi connectivity index (χ0v) is 17.1. The second-order valence-electron chi connectivity index (χ2n) is 6.38. The van der Waals surface area contributed by atoms with Gasteiger partial charge in [0.2, 0.25) is 15.9 Å². The summed E-state index contributed by atoms with van der Waals surface area (Å²) in [7, 11) is -3.58. The van der Waals surface area contributed by atoms with Crippen LogP contribution in [0.5, 0.6) is 0 Å². The number of amides is 4. The van der Waals surface area contributed by atoms with Crippen molar-refractivity contribution in [3.8, 4) is 0 Å². The number of carbonyl (C=O) groups is 3. The molecule has 1 aromatic rings. The molecule has 0 aromatic heterocycles. The average molecular weight is 410 g/mol. The highest BCUT2D eigenvalue weighted by molar-refractivity contribution is 7.89. The number of carbonyl (C=O) groups excluding carboxylic acids is 3. The number of sulfonamides is 1. The number of nitrogens with zero attached hydrogens (tertiary/aromatic N) is 2. The minimum atomic E-state index is -3.58. The second-order valence-corrected chi connectivity index (χ2v) is 8.31. The van der Waals surface area contributed by atoms with Crippen LogP contribution >= 0.6 is 0 Å². The van der Waals surface area contributed by atoms with Gasteiger partial charge in [-0.05, 0) is 30.7 Å². The molecule has 1 fully saturated rings. The van der Waals surface area contributed by atoms with Gasteiger partial charge >= 0.3 is 6.03 Å². The molecule has 0 spiro atoms. The number of anilines is 1. The first-order chi connectivity index (χ1) is 13.2. The van der Waals surface area contributed by atoms with Crippen molar-refractivity contribution in [1.82, 2.24) is 14.5 Å². The molecule has 28 heavy (non-hydrogen) atoms. The van der Waals surface area contributed by atoms with E-state index in [2.05, 4.69) is 10.6 Å². The Morgan fingerprint density at radius 1 is 1.14 bits per heavy atom. The van der Waals surface area contributed by atoms with E-state index in [0.29, 0.717) is 25.2 Å². The molecule has 10 heteroatoms. The second kappa shape index (κ2) is 9.16. The van der Waals surface area contributed by atoms with Gasteiger partial charge in [0, 0.05) is 18.8 Å². The summed E-state index contributed by atoms with van der Waals surface area (Å²) in [4.78, 5) is 37.2. The van der Waals surface area contributed by atoms with Crippen LogP contribution in [0.3, 0.4) is 0 Å². The molecule has 1 aliphatic rings. The van der Waals surface area contributed by atoms with Gasteiger partial charge in [0.1, 0.15) is 12.6 Å². The Morgan fingerprint density at radius 2 is 1.75 bits per heavy atom. The van der Waals surface area contributed by atoms with Crippen molar-refractivity contribution >= 4 is 33.6 Å². The van der Waals surface area contributed by atoms with Gasteiger partial charge in [-0.1, -0.05) is 27.2 Å². The normalized spacial score (nSPS) is 17.1. The molecule has 1 atom stereocenters. The first kappa shape index (κ1) is 21.8. The molecule has 9 nitrogen and oxygen atoms in total. The van der Waals surface area contributed by atoms with Crippen LogP contribution in [-0.2, 0) is 19.6 Å². The highest BCUT2D eigenvalue weighted by atomic mass is 32.2. The molecule has 0 radical (unpaired) electrons. The van der Waals surface area contributed by atoms with Crippen molar-refractivity contribution in [2.24, 2.45) is 0 Å². The van der Waals surface area contributed by atoms with Gasteiger partial charge in [0.05, 0.1) is 4.90 Å². The van der Waals surface area contributed by atoms with Crippen LogP contribution < -0.4 is 10.6 Å². The van der Waals surface area contributed by atoms with E-state index in [1.807, 2.05) is 6.92 Å². The molecule has 1 heterocycles. The van der Waals surface area contributed by atoms with Gasteiger partial charge in [0.15, 0.2) is 0 Å². The van der Waals surface area contributed by atoms with E-state index in [1.54, 1.807) is 13.8 Å². The first-order valence-electron chi connectivity index (χ1n) is 9.26. The molecule has 1 saturated heterocycles. The van der Waals surface area contributed by atoms with E-state index in [1.165, 1.54) is 28.6 Å². The van der Waals surface area contributed by atoms with Gasteiger partial charge in [0.25, 0.3) is 5.91 Å². The molecule has 0 saturated carbocycles. The molecule has 154 valence electrons. The number of rotatable bonds is 9. The number of benzene rings is 1.